The van der Waals surface area contributed by atoms with Crippen LogP contribution in [0.2, 0.25) is 0 Å². The van der Waals surface area contributed by atoms with Gasteiger partial charge in [0.25, 0.3) is 0 Å². The number of carboxylic acids is 2. The van der Waals surface area contributed by atoms with Crippen LogP contribution in [-0.2, 0) is 74.2 Å². The second kappa shape index (κ2) is 24.7. The van der Waals surface area contributed by atoms with Crippen molar-refractivity contribution in [3.63, 3.8) is 0 Å². The molecule has 2 amide bonds. The number of hydrogen-bond donors (Lipinski definition) is 4. The van der Waals surface area contributed by atoms with Crippen LogP contribution in [0, 0.1) is 0 Å². The Labute approximate surface area is 192 Å². The Morgan fingerprint density at radius 2 is 1.54 bits per heavy atom. The molecule has 28 heavy (non-hydrogen) atoms. The zero-order chi connectivity index (χ0) is 22.4. The summed E-state index contributed by atoms with van der Waals surface area (Å²) in [5.41, 5.74) is 0. The molecule has 0 aromatic carbocycles. The quantitative estimate of drug-likeness (QED) is 0.187. The van der Waals surface area contributed by atoms with E-state index in [9.17, 15) is 14.4 Å². The molecule has 0 saturated carbocycles. The second-order valence-corrected chi connectivity index (χ2v) is 10.7. The van der Waals surface area contributed by atoms with Gasteiger partial charge in [0.15, 0.2) is 0 Å². The molecule has 0 rings (SSSR count). The molecule has 9 nitrogen and oxygen atoms in total. The second-order valence-electron chi connectivity index (χ2n) is 4.60. The van der Waals surface area contributed by atoms with Gasteiger partial charge >= 0.3 is 97.8 Å². The van der Waals surface area contributed by atoms with Gasteiger partial charge in [0.05, 0.1) is 0 Å². The van der Waals surface area contributed by atoms with E-state index in [1.807, 2.05) is 0 Å². The minimum atomic E-state index is -1.26. The molecular formula is C14H23N2O7S4Tc. The standard InChI is InChI=1S/C9H16N2O5S.C4H10S3.CO2.Tc/c12-7(13)3-2-6(8(14)15)11-9(16)10-4-1-5-17;5-1-3-7-4-2-6;2-1-3;/h6,17H,1-5H2,(H,12,13)(H,14,15)(H2,10,11,16);5-6H,1-4H2;;/q;;;+3/p-3/t6-;;;/m0.../s1. The summed E-state index contributed by atoms with van der Waals surface area (Å²) in [4.78, 5) is 48.5. The predicted octanol–water partition coefficient (Wildman–Crippen LogP) is -0.232. The third-order valence-electron chi connectivity index (χ3n) is 2.47. The molecule has 0 aliphatic heterocycles. The SMILES string of the molecule is O=C(O)CC[C@H](NC(=O)NCCC[S-])C(=O)O.O=C=O.[S-]CC[S](=[Tc+3])CC[S-]. The molecule has 0 bridgehead atoms. The summed E-state index contributed by atoms with van der Waals surface area (Å²) in [5.74, 6) is 2.26. The van der Waals surface area contributed by atoms with E-state index < -0.39 is 24.0 Å². The molecule has 0 radical (unpaired) electrons. The molecule has 0 aliphatic carbocycles. The van der Waals surface area contributed by atoms with Crippen LogP contribution in [0.15, 0.2) is 0 Å². The summed E-state index contributed by atoms with van der Waals surface area (Å²) in [6, 6.07) is -1.83. The molecule has 14 heteroatoms. The molecule has 0 aromatic heterocycles. The number of amides is 2. The monoisotopic (exact) mass is 556 g/mol. The minimum absolute atomic E-state index is 0.154. The van der Waals surface area contributed by atoms with Crippen molar-refractivity contribution in [2.75, 3.05) is 35.3 Å². The zero-order valence-corrected chi connectivity index (χ0v) is 20.0. The van der Waals surface area contributed by atoms with Gasteiger partial charge in [-0.25, -0.2) is 9.59 Å². The number of urea groups is 1. The average Bonchev–Trinajstić information content (AvgIpc) is 2.60. The molecule has 1 atom stereocenters. The summed E-state index contributed by atoms with van der Waals surface area (Å²) < 4.78 is 0. The van der Waals surface area contributed by atoms with Crippen LogP contribution in [0.3, 0.4) is 0 Å². The Morgan fingerprint density at radius 3 is 1.89 bits per heavy atom. The molecule has 0 aromatic rings. The predicted molar refractivity (Wildman–Crippen MR) is 108 cm³/mol. The van der Waals surface area contributed by atoms with E-state index in [2.05, 4.69) is 40.4 Å². The first-order chi connectivity index (χ1) is 13.2. The van der Waals surface area contributed by atoms with Crippen molar-refractivity contribution in [1.29, 1.82) is 0 Å². The average molecular weight is 558 g/mol. The van der Waals surface area contributed by atoms with Crippen LogP contribution in [0.1, 0.15) is 19.3 Å². The third-order valence-corrected chi connectivity index (χ3v) is 7.25. The first kappa shape index (κ1) is 32.3. The van der Waals surface area contributed by atoms with Crippen molar-refractivity contribution in [1.82, 2.24) is 10.6 Å². The molecule has 0 saturated heterocycles. The van der Waals surface area contributed by atoms with Gasteiger partial charge in [-0.1, -0.05) is 6.42 Å². The number of carboxylic acid groups (broad SMARTS) is 2. The Hall–Kier alpha value is -0.361. The first-order valence-electron chi connectivity index (χ1n) is 7.76. The molecule has 0 fully saturated rings. The van der Waals surface area contributed by atoms with Crippen LogP contribution in [0.25, 0.3) is 0 Å². The number of carbonyl (C=O) groups excluding carboxylic acids is 3. The van der Waals surface area contributed by atoms with Gasteiger partial charge in [0, 0.05) is 13.0 Å². The molecule has 0 unspecified atom stereocenters. The van der Waals surface area contributed by atoms with Gasteiger partial charge in [-0.2, -0.15) is 15.3 Å². The fraction of sp³-hybridized carbons (Fsp3) is 0.714. The van der Waals surface area contributed by atoms with E-state index in [1.165, 1.54) is 11.5 Å². The molecular weight excluding hydrogens is 534 g/mol. The number of nitrogens with one attached hydrogen (secondary N) is 2. The maximum absolute atomic E-state index is 11.2. The fourth-order valence-electron chi connectivity index (χ4n) is 1.29. The van der Waals surface area contributed by atoms with Crippen LogP contribution in [-0.4, -0.2) is 75.7 Å². The molecule has 0 spiro atoms. The van der Waals surface area contributed by atoms with Gasteiger partial charge in [-0.15, -0.1) is 0 Å². The Bertz CT molecular complexity index is 498. The van der Waals surface area contributed by atoms with E-state index in [0.29, 0.717) is 27.0 Å². The van der Waals surface area contributed by atoms with Gasteiger partial charge < -0.3 is 33.5 Å². The number of hydrogen-bond acceptors (Lipinski definition) is 8. The Kier molecular flexibility index (Phi) is 28.5. The topological polar surface area (TPSA) is 150 Å². The maximum atomic E-state index is 11.2. The van der Waals surface area contributed by atoms with Crippen molar-refractivity contribution >= 4 is 70.3 Å². The molecule has 162 valence electrons. The van der Waals surface area contributed by atoms with E-state index in [0.717, 1.165) is 11.5 Å². The van der Waals surface area contributed by atoms with Gasteiger partial charge in [-0.05, 0) is 6.42 Å². The molecule has 4 N–H and O–H groups in total. The van der Waals surface area contributed by atoms with Gasteiger partial charge in [0.2, 0.25) is 0 Å². The number of carbonyl (C=O) groups is 3. The summed E-state index contributed by atoms with van der Waals surface area (Å²) in [6.07, 6.45) is 0.401. The fourth-order valence-corrected chi connectivity index (χ4v) is 5.87. The Morgan fingerprint density at radius 1 is 1.04 bits per heavy atom. The van der Waals surface area contributed by atoms with E-state index in [1.54, 1.807) is 0 Å². The van der Waals surface area contributed by atoms with Crippen LogP contribution < -0.4 is 10.6 Å². The van der Waals surface area contributed by atoms with Crippen LogP contribution >= 0.6 is 8.26 Å². The van der Waals surface area contributed by atoms with Crippen molar-refractivity contribution in [3.8, 4) is 0 Å². The van der Waals surface area contributed by atoms with Crippen molar-refractivity contribution < 1.29 is 51.3 Å². The zero-order valence-electron chi connectivity index (χ0n) is 14.9. The van der Waals surface area contributed by atoms with Crippen LogP contribution in [0.4, 0.5) is 4.79 Å². The third kappa shape index (κ3) is 27.9. The number of aliphatic carboxylic acids is 2. The summed E-state index contributed by atoms with van der Waals surface area (Å²) in [7, 11) is 0.492. The van der Waals surface area contributed by atoms with E-state index in [-0.39, 0.29) is 19.0 Å². The normalized spacial score (nSPS) is 10.2. The van der Waals surface area contributed by atoms with Crippen molar-refractivity contribution in [3.05, 3.63) is 0 Å². The number of rotatable bonds is 12. The van der Waals surface area contributed by atoms with Gasteiger partial charge in [0.1, 0.15) is 6.04 Å². The summed E-state index contributed by atoms with van der Waals surface area (Å²) in [5, 5.41) is 21.8. The van der Waals surface area contributed by atoms with E-state index in [4.69, 9.17) is 45.1 Å². The van der Waals surface area contributed by atoms with Crippen molar-refractivity contribution in [2.24, 2.45) is 0 Å². The molecule has 0 heterocycles. The van der Waals surface area contributed by atoms with Crippen LogP contribution in [0.5, 0.6) is 0 Å². The first-order valence-corrected chi connectivity index (χ1v) is 13.2. The van der Waals surface area contributed by atoms with Crippen molar-refractivity contribution in [2.45, 2.75) is 25.3 Å². The van der Waals surface area contributed by atoms with E-state index >= 15 is 0 Å². The summed E-state index contributed by atoms with van der Waals surface area (Å²) >= 11 is 16.7. The summed E-state index contributed by atoms with van der Waals surface area (Å²) in [6.45, 7) is 0.362. The Balaban J connectivity index is -0.000000471. The molecule has 0 aliphatic rings. The van der Waals surface area contributed by atoms with Gasteiger partial charge in [-0.3, -0.25) is 4.79 Å².